The quantitative estimate of drug-likeness (QED) is 0.215. The van der Waals surface area contributed by atoms with E-state index in [-0.39, 0.29) is 0 Å². The number of nitrogens with zero attached hydrogens (tertiary/aromatic N) is 2. The van der Waals surface area contributed by atoms with Crippen molar-refractivity contribution in [2.24, 2.45) is 0 Å². The Morgan fingerprint density at radius 3 is 1.44 bits per heavy atom. The highest BCUT2D eigenvalue weighted by molar-refractivity contribution is 5.10. The molecule has 0 aliphatic carbocycles. The first-order valence-corrected chi connectivity index (χ1v) is 12.3. The maximum Gasteiger partial charge on any atom is -0.0319 e. The van der Waals surface area contributed by atoms with Gasteiger partial charge in [-0.2, -0.15) is 0 Å². The van der Waals surface area contributed by atoms with E-state index in [2.05, 4.69) is 23.8 Å². The molecule has 0 aliphatic rings. The number of rotatable bonds is 20. The second-order valence-electron chi connectivity index (χ2n) is 8.42. The second kappa shape index (κ2) is 18.6. The molecule has 1 rings (SSSR count). The fourth-order valence-corrected chi connectivity index (χ4v) is 3.94. The van der Waals surface area contributed by atoms with Crippen LogP contribution in [0.25, 0.3) is 0 Å². The van der Waals surface area contributed by atoms with E-state index in [0.717, 1.165) is 12.8 Å². The molecule has 0 radical (unpaired) electrons. The Labute approximate surface area is 170 Å². The normalized spacial score (nSPS) is 11.3. The van der Waals surface area contributed by atoms with Crippen LogP contribution in [0, 0.1) is 0 Å². The van der Waals surface area contributed by atoms with Crippen LogP contribution in [0.1, 0.15) is 141 Å². The van der Waals surface area contributed by atoms with Gasteiger partial charge in [0.15, 0.2) is 0 Å². The minimum absolute atomic E-state index is 1.14. The first kappa shape index (κ1) is 24.2. The molecule has 0 amide bonds. The van der Waals surface area contributed by atoms with Gasteiger partial charge in [-0.25, -0.2) is 0 Å². The summed E-state index contributed by atoms with van der Waals surface area (Å²) >= 11 is 0. The summed E-state index contributed by atoms with van der Waals surface area (Å²) in [5.74, 6) is 0. The van der Waals surface area contributed by atoms with E-state index >= 15 is 0 Å². The molecular weight excluding hydrogens is 328 g/mol. The largest absolute Gasteiger partial charge is 0.447 e. The summed E-state index contributed by atoms with van der Waals surface area (Å²) in [6, 6.07) is 0. The van der Waals surface area contributed by atoms with Crippen LogP contribution in [-0.4, -0.2) is 4.98 Å². The molecule has 27 heavy (non-hydrogen) atoms. The van der Waals surface area contributed by atoms with Crippen molar-refractivity contribution in [3.05, 3.63) is 17.7 Å². The van der Waals surface area contributed by atoms with E-state index in [1.165, 1.54) is 127 Å². The van der Waals surface area contributed by atoms with Crippen LogP contribution in [-0.2, 0) is 12.8 Å². The van der Waals surface area contributed by atoms with Crippen molar-refractivity contribution in [1.82, 2.24) is 9.97 Å². The second-order valence-corrected chi connectivity index (χ2v) is 8.42. The van der Waals surface area contributed by atoms with Crippen molar-refractivity contribution >= 4 is 0 Å². The van der Waals surface area contributed by atoms with Crippen LogP contribution >= 0.6 is 0 Å². The maximum atomic E-state index is 4.53. The van der Waals surface area contributed by atoms with Gasteiger partial charge in [-0.15, -0.1) is 0 Å². The third-order valence-corrected chi connectivity index (χ3v) is 5.79. The molecule has 0 aromatic carbocycles. The van der Waals surface area contributed by atoms with Crippen LogP contribution in [0.4, 0.5) is 0 Å². The fourth-order valence-electron chi connectivity index (χ4n) is 3.94. The lowest BCUT2D eigenvalue weighted by Crippen LogP contribution is -1.96. The van der Waals surface area contributed by atoms with Crippen LogP contribution in [0.2, 0.25) is 0 Å². The number of aromatic nitrogens is 2. The molecule has 0 atom stereocenters. The average molecular weight is 376 g/mol. The molecule has 1 aromatic rings. The maximum absolute atomic E-state index is 4.53. The highest BCUT2D eigenvalue weighted by Crippen LogP contribution is 2.15. The fraction of sp³-hybridized carbons (Fsp3) is 0.880. The molecule has 1 heterocycles. The van der Waals surface area contributed by atoms with E-state index in [4.69, 9.17) is 0 Å². The molecule has 0 aliphatic heterocycles. The number of hydrogen-bond donors (Lipinski definition) is 0. The van der Waals surface area contributed by atoms with Crippen LogP contribution in [0.3, 0.4) is 0 Å². The molecule has 0 fully saturated rings. The smallest absolute Gasteiger partial charge is 0.0319 e. The lowest BCUT2D eigenvalue weighted by atomic mass is 10.0. The molecule has 0 bridgehead atoms. The van der Waals surface area contributed by atoms with Gasteiger partial charge in [0.1, 0.15) is 0 Å². The van der Waals surface area contributed by atoms with Crippen molar-refractivity contribution in [3.63, 3.8) is 0 Å². The molecule has 2 nitrogen and oxygen atoms in total. The summed E-state index contributed by atoms with van der Waals surface area (Å²) < 4.78 is 0. The number of imidazole rings is 1. The number of hydrogen-bond acceptors (Lipinski definition) is 1. The van der Waals surface area contributed by atoms with Gasteiger partial charge in [0.05, 0.1) is 0 Å². The molecule has 2 heteroatoms. The summed E-state index contributed by atoms with van der Waals surface area (Å²) in [4.78, 5) is 9.06. The van der Waals surface area contributed by atoms with Gasteiger partial charge in [0.2, 0.25) is 0 Å². The Morgan fingerprint density at radius 1 is 0.556 bits per heavy atom. The Balaban J connectivity index is 1.96. The van der Waals surface area contributed by atoms with Crippen molar-refractivity contribution in [2.45, 2.75) is 142 Å². The summed E-state index contributed by atoms with van der Waals surface area (Å²) in [6.07, 6.45) is 29.1. The predicted octanol–water partition coefficient (Wildman–Crippen LogP) is 8.19. The Kier molecular flexibility index (Phi) is 16.7. The van der Waals surface area contributed by atoms with Gasteiger partial charge in [0.25, 0.3) is 0 Å². The van der Waals surface area contributed by atoms with Crippen molar-refractivity contribution < 1.29 is 0 Å². The first-order valence-electron chi connectivity index (χ1n) is 12.3. The van der Waals surface area contributed by atoms with Crippen LogP contribution in [0.15, 0.2) is 6.33 Å². The monoisotopic (exact) mass is 375 g/mol. The minimum atomic E-state index is 1.14. The van der Waals surface area contributed by atoms with Gasteiger partial charge >= 0.3 is 0 Å². The molecule has 0 saturated heterocycles. The standard InChI is InChI=1S/C25H47N2/c1-3-5-7-9-11-13-15-17-19-21-24-25(27-23-26-24)22-20-18-16-14-12-10-8-6-4-2/h23H,3-22H2,1-2H3/q-1. The SMILES string of the molecule is CCCCCCCCCCCc1nc[n-]c1CCCCCCCCCCC. The molecule has 158 valence electrons. The summed E-state index contributed by atoms with van der Waals surface area (Å²) in [6.45, 7) is 4.58. The van der Waals surface area contributed by atoms with E-state index in [9.17, 15) is 0 Å². The third kappa shape index (κ3) is 13.9. The topological polar surface area (TPSA) is 27.0 Å². The van der Waals surface area contributed by atoms with Crippen molar-refractivity contribution in [3.8, 4) is 0 Å². The van der Waals surface area contributed by atoms with Gasteiger partial charge in [0, 0.05) is 0 Å². The molecule has 0 N–H and O–H groups in total. The predicted molar refractivity (Wildman–Crippen MR) is 119 cm³/mol. The minimum Gasteiger partial charge on any atom is -0.447 e. The third-order valence-electron chi connectivity index (χ3n) is 5.79. The van der Waals surface area contributed by atoms with E-state index in [0.29, 0.717) is 0 Å². The Bertz CT molecular complexity index is 374. The summed E-state index contributed by atoms with van der Waals surface area (Å²) in [7, 11) is 0. The molecule has 0 saturated carbocycles. The molecule has 0 unspecified atom stereocenters. The summed E-state index contributed by atoms with van der Waals surface area (Å²) in [5, 5.41) is 0. The first-order chi connectivity index (χ1) is 13.4. The number of aryl methyl sites for hydroxylation is 2. The molecular formula is C25H47N2-. The van der Waals surface area contributed by atoms with Crippen molar-refractivity contribution in [2.75, 3.05) is 0 Å². The van der Waals surface area contributed by atoms with Crippen LogP contribution in [0.5, 0.6) is 0 Å². The van der Waals surface area contributed by atoms with Gasteiger partial charge in [-0.1, -0.05) is 134 Å². The van der Waals surface area contributed by atoms with Gasteiger partial charge < -0.3 is 9.97 Å². The average Bonchev–Trinajstić information content (AvgIpc) is 3.12. The summed E-state index contributed by atoms with van der Waals surface area (Å²) in [5.41, 5.74) is 2.58. The Hall–Kier alpha value is -0.790. The van der Waals surface area contributed by atoms with Crippen molar-refractivity contribution in [1.29, 1.82) is 0 Å². The van der Waals surface area contributed by atoms with Gasteiger partial charge in [-0.3, -0.25) is 0 Å². The molecule has 1 aromatic heterocycles. The zero-order valence-electron chi connectivity index (χ0n) is 18.6. The van der Waals surface area contributed by atoms with E-state index in [1.807, 2.05) is 0 Å². The zero-order chi connectivity index (χ0) is 19.4. The lowest BCUT2D eigenvalue weighted by molar-refractivity contribution is 0.559. The Morgan fingerprint density at radius 2 is 0.963 bits per heavy atom. The highest BCUT2D eigenvalue weighted by atomic mass is 14.9. The van der Waals surface area contributed by atoms with E-state index in [1.54, 1.807) is 6.33 Å². The van der Waals surface area contributed by atoms with E-state index < -0.39 is 0 Å². The lowest BCUT2D eigenvalue weighted by Gasteiger charge is -2.09. The highest BCUT2D eigenvalue weighted by Gasteiger charge is 1.99. The molecule has 0 spiro atoms. The zero-order valence-corrected chi connectivity index (χ0v) is 18.6. The van der Waals surface area contributed by atoms with Gasteiger partial charge in [-0.05, 0) is 25.7 Å². The number of unbranched alkanes of at least 4 members (excludes halogenated alkanes) is 16. The van der Waals surface area contributed by atoms with Crippen LogP contribution < -0.4 is 4.98 Å².